The molecule has 138 valence electrons. The van der Waals surface area contributed by atoms with Crippen LogP contribution in [0.3, 0.4) is 0 Å². The Balaban J connectivity index is 2.27. The van der Waals surface area contributed by atoms with Crippen LogP contribution in [0.1, 0.15) is 54.6 Å². The predicted octanol–water partition coefficient (Wildman–Crippen LogP) is 3.51. The zero-order valence-electron chi connectivity index (χ0n) is 15.8. The van der Waals surface area contributed by atoms with E-state index in [-0.39, 0.29) is 18.0 Å². The number of carbonyl (C=O) groups excluding carboxylic acids is 2. The van der Waals surface area contributed by atoms with Gasteiger partial charge in [0.15, 0.2) is 0 Å². The molecule has 1 unspecified atom stereocenters. The maximum atomic E-state index is 12.3. The third-order valence-electron chi connectivity index (χ3n) is 4.34. The molecule has 1 saturated heterocycles. The number of esters is 1. The van der Waals surface area contributed by atoms with Crippen molar-refractivity contribution in [3.63, 3.8) is 0 Å². The first-order valence-corrected chi connectivity index (χ1v) is 8.41. The van der Waals surface area contributed by atoms with Crippen LogP contribution in [0.15, 0.2) is 12.1 Å². The fourth-order valence-electron chi connectivity index (χ4n) is 3.15. The zero-order valence-corrected chi connectivity index (χ0v) is 15.8. The first-order chi connectivity index (χ1) is 11.7. The van der Waals surface area contributed by atoms with E-state index >= 15 is 0 Å². The van der Waals surface area contributed by atoms with Gasteiger partial charge >= 0.3 is 12.1 Å². The first kappa shape index (κ1) is 19.1. The summed E-state index contributed by atoms with van der Waals surface area (Å²) in [6, 6.07) is 3.74. The van der Waals surface area contributed by atoms with Crippen molar-refractivity contribution in [3.05, 3.63) is 28.8 Å². The molecule has 1 heterocycles. The molecule has 6 heteroatoms. The highest BCUT2D eigenvalue weighted by Crippen LogP contribution is 2.35. The fraction of sp³-hybridized carbons (Fsp3) is 0.579. The molecule has 0 saturated carbocycles. The van der Waals surface area contributed by atoms with E-state index in [0.29, 0.717) is 24.4 Å². The molecule has 1 aromatic carbocycles. The number of hydrogen-bond acceptors (Lipinski definition) is 5. The Bertz CT molecular complexity index is 663. The van der Waals surface area contributed by atoms with E-state index in [2.05, 4.69) is 0 Å². The molecule has 1 atom stereocenters. The summed E-state index contributed by atoms with van der Waals surface area (Å²) in [7, 11) is 2.94. The van der Waals surface area contributed by atoms with E-state index in [0.717, 1.165) is 17.5 Å². The van der Waals surface area contributed by atoms with Gasteiger partial charge in [-0.05, 0) is 45.7 Å². The Morgan fingerprint density at radius 3 is 2.44 bits per heavy atom. The van der Waals surface area contributed by atoms with Gasteiger partial charge in [0.05, 0.1) is 19.8 Å². The van der Waals surface area contributed by atoms with Gasteiger partial charge in [0.25, 0.3) is 0 Å². The Hall–Kier alpha value is -2.24. The van der Waals surface area contributed by atoms with Crippen molar-refractivity contribution in [1.29, 1.82) is 0 Å². The van der Waals surface area contributed by atoms with Crippen molar-refractivity contribution in [1.82, 2.24) is 4.90 Å². The SMILES string of the molecule is COC(=O)c1c(C2CCN(C(=O)OC(C)(C)C)C2)ccc(OC)c1C. The second kappa shape index (κ2) is 7.33. The smallest absolute Gasteiger partial charge is 0.410 e. The number of nitrogens with zero attached hydrogens (tertiary/aromatic N) is 1. The molecule has 1 fully saturated rings. The summed E-state index contributed by atoms with van der Waals surface area (Å²) in [6.07, 6.45) is 0.453. The predicted molar refractivity (Wildman–Crippen MR) is 94.2 cm³/mol. The van der Waals surface area contributed by atoms with E-state index in [9.17, 15) is 9.59 Å². The van der Waals surface area contributed by atoms with Gasteiger partial charge in [-0.2, -0.15) is 0 Å². The lowest BCUT2D eigenvalue weighted by atomic mass is 9.90. The Morgan fingerprint density at radius 2 is 1.88 bits per heavy atom. The summed E-state index contributed by atoms with van der Waals surface area (Å²) in [6.45, 7) is 8.51. The van der Waals surface area contributed by atoms with Crippen molar-refractivity contribution >= 4 is 12.1 Å². The molecule has 6 nitrogen and oxygen atoms in total. The van der Waals surface area contributed by atoms with Gasteiger partial charge in [0.1, 0.15) is 11.4 Å². The van der Waals surface area contributed by atoms with Crippen LogP contribution in [0.5, 0.6) is 5.75 Å². The van der Waals surface area contributed by atoms with Crippen LogP contribution in [0.25, 0.3) is 0 Å². The van der Waals surface area contributed by atoms with Crippen LogP contribution in [0, 0.1) is 6.92 Å². The lowest BCUT2D eigenvalue weighted by Crippen LogP contribution is -2.35. The number of ether oxygens (including phenoxy) is 3. The summed E-state index contributed by atoms with van der Waals surface area (Å²) >= 11 is 0. The second-order valence-corrected chi connectivity index (χ2v) is 7.26. The molecular weight excluding hydrogens is 322 g/mol. The summed E-state index contributed by atoms with van der Waals surface area (Å²) in [4.78, 5) is 26.3. The van der Waals surface area contributed by atoms with Crippen molar-refractivity contribution in [2.45, 2.75) is 45.6 Å². The van der Waals surface area contributed by atoms with Crippen LogP contribution in [-0.2, 0) is 9.47 Å². The molecule has 2 rings (SSSR count). The Kier molecular flexibility index (Phi) is 5.60. The summed E-state index contributed by atoms with van der Waals surface area (Å²) in [5.41, 5.74) is 1.64. The average Bonchev–Trinajstić information content (AvgIpc) is 3.02. The molecule has 1 aromatic rings. The second-order valence-electron chi connectivity index (χ2n) is 7.26. The van der Waals surface area contributed by atoms with Gasteiger partial charge in [-0.1, -0.05) is 6.07 Å². The monoisotopic (exact) mass is 349 g/mol. The summed E-state index contributed by atoms with van der Waals surface area (Å²) < 4.78 is 15.7. The third-order valence-corrected chi connectivity index (χ3v) is 4.34. The van der Waals surface area contributed by atoms with Crippen LogP contribution in [0.4, 0.5) is 4.79 Å². The molecule has 1 amide bonds. The average molecular weight is 349 g/mol. The number of hydrogen-bond donors (Lipinski definition) is 0. The van der Waals surface area contributed by atoms with Crippen molar-refractivity contribution in [3.8, 4) is 5.75 Å². The molecule has 1 aliphatic heterocycles. The lowest BCUT2D eigenvalue weighted by molar-refractivity contribution is 0.0292. The maximum absolute atomic E-state index is 12.3. The molecule has 0 aliphatic carbocycles. The van der Waals surface area contributed by atoms with Gasteiger partial charge in [-0.15, -0.1) is 0 Å². The fourth-order valence-corrected chi connectivity index (χ4v) is 3.15. The van der Waals surface area contributed by atoms with Crippen molar-refractivity contribution in [2.75, 3.05) is 27.3 Å². The van der Waals surface area contributed by atoms with Crippen molar-refractivity contribution in [2.24, 2.45) is 0 Å². The Labute approximate surface area is 149 Å². The lowest BCUT2D eigenvalue weighted by Gasteiger charge is -2.24. The standard InChI is InChI=1S/C19H27NO5/c1-12-15(23-5)8-7-14(16(12)17(21)24-6)13-9-10-20(11-13)18(22)25-19(2,3)4/h7-8,13H,9-11H2,1-6H3. The summed E-state index contributed by atoms with van der Waals surface area (Å²) in [5.74, 6) is 0.319. The molecule has 0 N–H and O–H groups in total. The van der Waals surface area contributed by atoms with Gasteiger partial charge < -0.3 is 19.1 Å². The molecule has 25 heavy (non-hydrogen) atoms. The van der Waals surface area contributed by atoms with Crippen LogP contribution in [0.2, 0.25) is 0 Å². The van der Waals surface area contributed by atoms with Gasteiger partial charge in [-0.3, -0.25) is 0 Å². The molecule has 0 aromatic heterocycles. The van der Waals surface area contributed by atoms with Crippen molar-refractivity contribution < 1.29 is 23.8 Å². The first-order valence-electron chi connectivity index (χ1n) is 8.41. The van der Waals surface area contributed by atoms with Crippen LogP contribution >= 0.6 is 0 Å². The Morgan fingerprint density at radius 1 is 1.20 bits per heavy atom. The third kappa shape index (κ3) is 4.24. The minimum Gasteiger partial charge on any atom is -0.496 e. The minimum atomic E-state index is -0.525. The van der Waals surface area contributed by atoms with Gasteiger partial charge in [-0.25, -0.2) is 9.59 Å². The quantitative estimate of drug-likeness (QED) is 0.781. The van der Waals surface area contributed by atoms with E-state index in [1.807, 2.05) is 39.8 Å². The topological polar surface area (TPSA) is 65.1 Å². The number of carbonyl (C=O) groups is 2. The number of methoxy groups -OCH3 is 2. The van der Waals surface area contributed by atoms with Gasteiger partial charge in [0.2, 0.25) is 0 Å². The minimum absolute atomic E-state index is 0.0613. The molecule has 1 aliphatic rings. The number of likely N-dealkylation sites (tertiary alicyclic amines) is 1. The summed E-state index contributed by atoms with van der Waals surface area (Å²) in [5, 5.41) is 0. The highest BCUT2D eigenvalue weighted by molar-refractivity contribution is 5.93. The number of rotatable bonds is 3. The molecule has 0 bridgehead atoms. The van der Waals surface area contributed by atoms with Crippen LogP contribution in [-0.4, -0.2) is 49.9 Å². The largest absolute Gasteiger partial charge is 0.496 e. The van der Waals surface area contributed by atoms with E-state index in [4.69, 9.17) is 14.2 Å². The van der Waals surface area contributed by atoms with E-state index in [1.165, 1.54) is 7.11 Å². The highest BCUT2D eigenvalue weighted by Gasteiger charge is 2.33. The normalized spacial score (nSPS) is 17.4. The number of benzene rings is 1. The van der Waals surface area contributed by atoms with E-state index in [1.54, 1.807) is 12.0 Å². The molecule has 0 spiro atoms. The van der Waals surface area contributed by atoms with E-state index < -0.39 is 5.60 Å². The number of amides is 1. The van der Waals surface area contributed by atoms with Gasteiger partial charge in [0, 0.05) is 24.6 Å². The zero-order chi connectivity index (χ0) is 18.8. The molecule has 0 radical (unpaired) electrons. The maximum Gasteiger partial charge on any atom is 0.410 e. The molecular formula is C19H27NO5. The highest BCUT2D eigenvalue weighted by atomic mass is 16.6. The van der Waals surface area contributed by atoms with Crippen LogP contribution < -0.4 is 4.74 Å².